The van der Waals surface area contributed by atoms with Gasteiger partial charge in [0.05, 0.1) is 0 Å². The summed E-state index contributed by atoms with van der Waals surface area (Å²) in [6, 6.07) is 6.68. The van der Waals surface area contributed by atoms with Crippen LogP contribution in [0.2, 0.25) is 0 Å². The van der Waals surface area contributed by atoms with Crippen LogP contribution in [0, 0.1) is 0 Å². The van der Waals surface area contributed by atoms with E-state index in [1.165, 1.54) is 4.90 Å². The van der Waals surface area contributed by atoms with Gasteiger partial charge in [0.25, 0.3) is 5.91 Å². The van der Waals surface area contributed by atoms with Gasteiger partial charge in [-0.1, -0.05) is 11.2 Å². The van der Waals surface area contributed by atoms with E-state index >= 15 is 0 Å². The molecule has 0 fully saturated rings. The Hall–Kier alpha value is -2.70. The number of aromatic carboxylic acids is 1. The largest absolute Gasteiger partial charge is 0.475 e. The van der Waals surface area contributed by atoms with Crippen molar-refractivity contribution in [1.29, 1.82) is 0 Å². The van der Waals surface area contributed by atoms with Crippen LogP contribution < -0.4 is 0 Å². The molecule has 1 N–H and O–H groups in total. The van der Waals surface area contributed by atoms with E-state index < -0.39 is 11.9 Å². The predicted molar refractivity (Wildman–Crippen MR) is 68.4 cm³/mol. The van der Waals surface area contributed by atoms with E-state index in [9.17, 15) is 9.59 Å². The Kier molecular flexibility index (Phi) is 4.09. The first-order valence-electron chi connectivity index (χ1n) is 5.93. The van der Waals surface area contributed by atoms with Crippen molar-refractivity contribution < 1.29 is 19.2 Å². The number of hydrogen-bond acceptors (Lipinski definition) is 5. The third-order valence-corrected chi connectivity index (χ3v) is 2.72. The lowest BCUT2D eigenvalue weighted by Crippen LogP contribution is -2.29. The van der Waals surface area contributed by atoms with Crippen molar-refractivity contribution in [2.24, 2.45) is 0 Å². The van der Waals surface area contributed by atoms with Crippen molar-refractivity contribution in [1.82, 2.24) is 15.0 Å². The van der Waals surface area contributed by atoms with E-state index in [-0.39, 0.29) is 11.5 Å². The second kappa shape index (κ2) is 5.96. The molecule has 0 aliphatic carbocycles. The van der Waals surface area contributed by atoms with E-state index in [0.29, 0.717) is 13.0 Å². The van der Waals surface area contributed by atoms with Crippen LogP contribution >= 0.6 is 0 Å². The van der Waals surface area contributed by atoms with Gasteiger partial charge in [0.2, 0.25) is 5.76 Å². The zero-order valence-electron chi connectivity index (χ0n) is 10.8. The Morgan fingerprint density at radius 1 is 1.40 bits per heavy atom. The molecule has 0 saturated carbocycles. The predicted octanol–water partition coefficient (Wildman–Crippen LogP) is 1.08. The lowest BCUT2D eigenvalue weighted by Gasteiger charge is -2.14. The molecule has 2 heterocycles. The van der Waals surface area contributed by atoms with Gasteiger partial charge in [-0.25, -0.2) is 4.79 Å². The lowest BCUT2D eigenvalue weighted by atomic mass is 10.2. The highest BCUT2D eigenvalue weighted by Gasteiger charge is 2.19. The van der Waals surface area contributed by atoms with Crippen LogP contribution in [0.5, 0.6) is 0 Å². The average molecular weight is 275 g/mol. The van der Waals surface area contributed by atoms with Crippen LogP contribution in [0.1, 0.15) is 26.7 Å². The van der Waals surface area contributed by atoms with Gasteiger partial charge in [0.15, 0.2) is 5.69 Å². The first kappa shape index (κ1) is 13.7. The summed E-state index contributed by atoms with van der Waals surface area (Å²) in [6.07, 6.45) is 2.29. The highest BCUT2D eigenvalue weighted by Crippen LogP contribution is 2.07. The number of rotatable bonds is 5. The monoisotopic (exact) mass is 275 g/mol. The number of carbonyl (C=O) groups is 2. The molecule has 0 unspecified atom stereocenters. The molecule has 0 radical (unpaired) electrons. The first-order valence-corrected chi connectivity index (χ1v) is 5.93. The standard InChI is InChI=1S/C13H13N3O4/c1-16(7-5-9-4-2-3-6-14-9)12(17)10-8-11(13(18)19)20-15-10/h2-4,6,8H,5,7H2,1H3,(H,18,19). The number of carboxylic acids is 1. The van der Waals surface area contributed by atoms with Crippen LogP contribution in [-0.2, 0) is 6.42 Å². The van der Waals surface area contributed by atoms with Gasteiger partial charge in [0.1, 0.15) is 0 Å². The highest BCUT2D eigenvalue weighted by molar-refractivity contribution is 5.94. The van der Waals surface area contributed by atoms with Gasteiger partial charge in [-0.05, 0) is 12.1 Å². The minimum absolute atomic E-state index is 0.0223. The lowest BCUT2D eigenvalue weighted by molar-refractivity contribution is 0.0649. The maximum Gasteiger partial charge on any atom is 0.374 e. The van der Waals surface area contributed by atoms with Gasteiger partial charge in [0, 0.05) is 38.0 Å². The Morgan fingerprint density at radius 3 is 2.80 bits per heavy atom. The highest BCUT2D eigenvalue weighted by atomic mass is 16.5. The number of hydrogen-bond donors (Lipinski definition) is 1. The molecule has 2 aromatic rings. The number of carboxylic acid groups (broad SMARTS) is 1. The summed E-state index contributed by atoms with van der Waals surface area (Å²) in [6.45, 7) is 0.450. The summed E-state index contributed by atoms with van der Waals surface area (Å²) < 4.78 is 4.55. The molecule has 0 aliphatic heterocycles. The summed E-state index contributed by atoms with van der Waals surface area (Å²) in [5.74, 6) is -2.00. The Bertz CT molecular complexity index is 609. The minimum Gasteiger partial charge on any atom is -0.475 e. The third kappa shape index (κ3) is 3.19. The maximum absolute atomic E-state index is 12.0. The molecule has 104 valence electrons. The summed E-state index contributed by atoms with van der Waals surface area (Å²) in [5, 5.41) is 12.2. The number of aromatic nitrogens is 2. The number of pyridine rings is 1. The second-order valence-electron chi connectivity index (χ2n) is 4.18. The second-order valence-corrected chi connectivity index (χ2v) is 4.18. The number of nitrogens with zero attached hydrogens (tertiary/aromatic N) is 3. The molecule has 7 nitrogen and oxygen atoms in total. The van der Waals surface area contributed by atoms with Crippen LogP contribution in [0.25, 0.3) is 0 Å². The van der Waals surface area contributed by atoms with E-state index in [1.54, 1.807) is 13.2 Å². The summed E-state index contributed by atoms with van der Waals surface area (Å²) >= 11 is 0. The van der Waals surface area contributed by atoms with E-state index in [2.05, 4.69) is 14.7 Å². The van der Waals surface area contributed by atoms with E-state index in [0.717, 1.165) is 11.8 Å². The van der Waals surface area contributed by atoms with Crippen molar-refractivity contribution in [3.05, 3.63) is 47.6 Å². The van der Waals surface area contributed by atoms with Gasteiger partial charge in [-0.15, -0.1) is 0 Å². The van der Waals surface area contributed by atoms with Crippen molar-refractivity contribution in [2.45, 2.75) is 6.42 Å². The molecule has 0 bridgehead atoms. The molecular weight excluding hydrogens is 262 g/mol. The Balaban J connectivity index is 1.96. The fourth-order valence-electron chi connectivity index (χ4n) is 1.60. The molecule has 0 spiro atoms. The van der Waals surface area contributed by atoms with Gasteiger partial charge < -0.3 is 14.5 Å². The van der Waals surface area contributed by atoms with Gasteiger partial charge >= 0.3 is 5.97 Å². The molecule has 7 heteroatoms. The fourth-order valence-corrected chi connectivity index (χ4v) is 1.60. The SMILES string of the molecule is CN(CCc1ccccn1)C(=O)c1cc(C(=O)O)on1. The smallest absolute Gasteiger partial charge is 0.374 e. The quantitative estimate of drug-likeness (QED) is 0.877. The van der Waals surface area contributed by atoms with Crippen molar-refractivity contribution >= 4 is 11.9 Å². The van der Waals surface area contributed by atoms with Crippen LogP contribution in [0.3, 0.4) is 0 Å². The van der Waals surface area contributed by atoms with Crippen molar-refractivity contribution in [3.63, 3.8) is 0 Å². The van der Waals surface area contributed by atoms with Crippen LogP contribution in [0.15, 0.2) is 35.0 Å². The zero-order chi connectivity index (χ0) is 14.5. The molecule has 0 aromatic carbocycles. The number of amides is 1. The third-order valence-electron chi connectivity index (χ3n) is 2.72. The zero-order valence-corrected chi connectivity index (χ0v) is 10.8. The van der Waals surface area contributed by atoms with E-state index in [4.69, 9.17) is 5.11 Å². The Morgan fingerprint density at radius 2 is 2.20 bits per heavy atom. The molecule has 2 aromatic heterocycles. The topological polar surface area (TPSA) is 96.5 Å². The molecular formula is C13H13N3O4. The molecule has 20 heavy (non-hydrogen) atoms. The van der Waals surface area contributed by atoms with E-state index in [1.807, 2.05) is 18.2 Å². The Labute approximate surface area is 114 Å². The van der Waals surface area contributed by atoms with Crippen LogP contribution in [0.4, 0.5) is 0 Å². The van der Waals surface area contributed by atoms with Crippen LogP contribution in [-0.4, -0.2) is 45.6 Å². The number of likely N-dealkylation sites (N-methyl/N-ethyl adjacent to an activating group) is 1. The normalized spacial score (nSPS) is 10.2. The molecule has 0 aliphatic rings. The first-order chi connectivity index (χ1) is 9.58. The molecule has 2 rings (SSSR count). The fraction of sp³-hybridized carbons (Fsp3) is 0.231. The van der Waals surface area contributed by atoms with Crippen molar-refractivity contribution in [2.75, 3.05) is 13.6 Å². The summed E-state index contributed by atoms with van der Waals surface area (Å²) in [7, 11) is 1.61. The maximum atomic E-state index is 12.0. The van der Waals surface area contributed by atoms with Crippen molar-refractivity contribution in [3.8, 4) is 0 Å². The van der Waals surface area contributed by atoms with Gasteiger partial charge in [-0.2, -0.15) is 0 Å². The molecule has 1 amide bonds. The molecule has 0 saturated heterocycles. The average Bonchev–Trinajstić information content (AvgIpc) is 2.95. The molecule has 0 atom stereocenters. The summed E-state index contributed by atoms with van der Waals surface area (Å²) in [4.78, 5) is 28.2. The number of carbonyl (C=O) groups excluding carboxylic acids is 1. The summed E-state index contributed by atoms with van der Waals surface area (Å²) in [5.41, 5.74) is 0.851. The minimum atomic E-state index is -1.26. The van der Waals surface area contributed by atoms with Gasteiger partial charge in [-0.3, -0.25) is 9.78 Å².